The largest absolute Gasteiger partial charge is 0.497 e. The first-order valence-corrected chi connectivity index (χ1v) is 9.97. The molecule has 1 N–H and O–H groups in total. The lowest BCUT2D eigenvalue weighted by Crippen LogP contribution is -2.61. The van der Waals surface area contributed by atoms with Gasteiger partial charge in [-0.1, -0.05) is 0 Å². The van der Waals surface area contributed by atoms with Gasteiger partial charge in [0.2, 0.25) is 0 Å². The average molecular weight is 372 g/mol. The van der Waals surface area contributed by atoms with Crippen LogP contribution in [0.3, 0.4) is 0 Å². The minimum Gasteiger partial charge on any atom is -0.497 e. The molecule has 0 radical (unpaired) electrons. The molecule has 2 aromatic rings. The fraction of sp³-hybridized carbons (Fsp3) is 0.474. The summed E-state index contributed by atoms with van der Waals surface area (Å²) in [6.07, 6.45) is 2.78. The SMILES string of the molecule is CCn1nccc1C(=O)N1CC2(CC(Nc3ccc(OC)cc3)CS2)C1. The third kappa shape index (κ3) is 3.16. The zero-order chi connectivity index (χ0) is 18.1. The Kier molecular flexibility index (Phi) is 4.56. The van der Waals surface area contributed by atoms with Crippen LogP contribution in [-0.4, -0.2) is 57.3 Å². The number of carbonyl (C=O) groups excluding carboxylic acids is 1. The van der Waals surface area contributed by atoms with Gasteiger partial charge in [0.25, 0.3) is 5.91 Å². The average Bonchev–Trinajstić information content (AvgIpc) is 3.27. The van der Waals surface area contributed by atoms with Crippen molar-refractivity contribution in [2.75, 3.05) is 31.3 Å². The van der Waals surface area contributed by atoms with Crippen LogP contribution in [0, 0.1) is 0 Å². The van der Waals surface area contributed by atoms with E-state index in [1.54, 1.807) is 18.0 Å². The number of methoxy groups -OCH3 is 1. The zero-order valence-corrected chi connectivity index (χ0v) is 16.0. The summed E-state index contributed by atoms with van der Waals surface area (Å²) >= 11 is 1.99. The third-order valence-corrected chi connectivity index (χ3v) is 6.76. The summed E-state index contributed by atoms with van der Waals surface area (Å²) in [5.41, 5.74) is 1.81. The van der Waals surface area contributed by atoms with Crippen LogP contribution in [0.1, 0.15) is 23.8 Å². The van der Waals surface area contributed by atoms with Gasteiger partial charge in [0.05, 0.1) is 11.9 Å². The molecule has 1 aromatic heterocycles. The van der Waals surface area contributed by atoms with Crippen molar-refractivity contribution in [1.29, 1.82) is 0 Å². The number of ether oxygens (including phenoxy) is 1. The standard InChI is InChI=1S/C19H24N4O2S/c1-3-23-17(8-9-20-23)18(24)22-12-19(13-22)10-15(11-26-19)21-14-4-6-16(25-2)7-5-14/h4-9,15,21H,3,10-13H2,1-2H3. The summed E-state index contributed by atoms with van der Waals surface area (Å²) < 4.78 is 7.18. The Morgan fingerprint density at radius 2 is 2.12 bits per heavy atom. The number of rotatable bonds is 5. The summed E-state index contributed by atoms with van der Waals surface area (Å²) in [6.45, 7) is 4.37. The summed E-state index contributed by atoms with van der Waals surface area (Å²) in [7, 11) is 1.68. The predicted molar refractivity (Wildman–Crippen MR) is 104 cm³/mol. The Morgan fingerprint density at radius 3 is 2.81 bits per heavy atom. The number of aromatic nitrogens is 2. The first-order chi connectivity index (χ1) is 12.6. The molecule has 0 saturated carbocycles. The quantitative estimate of drug-likeness (QED) is 0.875. The van der Waals surface area contributed by atoms with E-state index in [0.717, 1.165) is 43.2 Å². The van der Waals surface area contributed by atoms with E-state index in [0.29, 0.717) is 11.7 Å². The molecular formula is C19H24N4O2S. The van der Waals surface area contributed by atoms with Crippen molar-refractivity contribution in [3.63, 3.8) is 0 Å². The Labute approximate surface area is 157 Å². The molecule has 6 nitrogen and oxygen atoms in total. The maximum atomic E-state index is 12.7. The highest BCUT2D eigenvalue weighted by Gasteiger charge is 2.51. The molecule has 1 unspecified atom stereocenters. The minimum absolute atomic E-state index is 0.0992. The lowest BCUT2D eigenvalue weighted by Gasteiger charge is -2.47. The van der Waals surface area contributed by atoms with E-state index in [1.165, 1.54) is 0 Å². The highest BCUT2D eigenvalue weighted by molar-refractivity contribution is 8.01. The van der Waals surface area contributed by atoms with E-state index in [1.807, 2.05) is 41.8 Å². The molecule has 0 aliphatic carbocycles. The van der Waals surface area contributed by atoms with E-state index in [9.17, 15) is 4.79 Å². The predicted octanol–water partition coefficient (Wildman–Crippen LogP) is 2.72. The number of thioether (sulfide) groups is 1. The first-order valence-electron chi connectivity index (χ1n) is 8.98. The van der Waals surface area contributed by atoms with Crippen molar-refractivity contribution in [2.45, 2.75) is 30.7 Å². The summed E-state index contributed by atoms with van der Waals surface area (Å²) in [4.78, 5) is 14.6. The smallest absolute Gasteiger partial charge is 0.272 e. The summed E-state index contributed by atoms with van der Waals surface area (Å²) in [5, 5.41) is 7.81. The van der Waals surface area contributed by atoms with Gasteiger partial charge in [-0.15, -0.1) is 11.8 Å². The number of nitrogens with one attached hydrogen (secondary N) is 1. The fourth-order valence-electron chi connectivity index (χ4n) is 3.80. The van der Waals surface area contributed by atoms with Crippen LogP contribution in [0.25, 0.3) is 0 Å². The molecule has 1 atom stereocenters. The molecule has 1 amide bonds. The molecule has 2 aliphatic heterocycles. The highest BCUT2D eigenvalue weighted by atomic mass is 32.2. The van der Waals surface area contributed by atoms with Gasteiger partial charge in [-0.3, -0.25) is 9.48 Å². The molecule has 2 saturated heterocycles. The number of benzene rings is 1. The normalized spacial score (nSPS) is 20.8. The van der Waals surface area contributed by atoms with E-state index in [4.69, 9.17) is 4.74 Å². The van der Waals surface area contributed by atoms with Crippen LogP contribution in [0.4, 0.5) is 5.69 Å². The highest BCUT2D eigenvalue weighted by Crippen LogP contribution is 2.46. The van der Waals surface area contributed by atoms with E-state index >= 15 is 0 Å². The number of likely N-dealkylation sites (tertiary alicyclic amines) is 1. The monoisotopic (exact) mass is 372 g/mol. The van der Waals surface area contributed by atoms with Gasteiger partial charge in [-0.05, 0) is 43.7 Å². The van der Waals surface area contributed by atoms with Crippen LogP contribution in [0.15, 0.2) is 36.5 Å². The molecule has 26 heavy (non-hydrogen) atoms. The lowest BCUT2D eigenvalue weighted by atomic mass is 9.91. The third-order valence-electron chi connectivity index (χ3n) is 5.15. The van der Waals surface area contributed by atoms with Crippen LogP contribution >= 0.6 is 11.8 Å². The maximum absolute atomic E-state index is 12.7. The van der Waals surface area contributed by atoms with Crippen molar-refractivity contribution < 1.29 is 9.53 Å². The molecule has 3 heterocycles. The van der Waals surface area contributed by atoms with E-state index in [2.05, 4.69) is 22.5 Å². The topological polar surface area (TPSA) is 59.4 Å². The summed E-state index contributed by atoms with van der Waals surface area (Å²) in [5.74, 6) is 2.04. The van der Waals surface area contributed by atoms with Gasteiger partial charge in [0, 0.05) is 43.3 Å². The van der Waals surface area contributed by atoms with Crippen LogP contribution in [0.5, 0.6) is 5.75 Å². The molecule has 4 rings (SSSR count). The number of hydrogen-bond acceptors (Lipinski definition) is 5. The molecule has 2 aliphatic rings. The zero-order valence-electron chi connectivity index (χ0n) is 15.1. The Balaban J connectivity index is 1.32. The molecular weight excluding hydrogens is 348 g/mol. The molecule has 0 bridgehead atoms. The Hall–Kier alpha value is -2.15. The number of hydrogen-bond donors (Lipinski definition) is 1. The van der Waals surface area contributed by atoms with Crippen molar-refractivity contribution in [2.24, 2.45) is 0 Å². The fourth-order valence-corrected chi connectivity index (χ4v) is 5.37. The van der Waals surface area contributed by atoms with E-state index in [-0.39, 0.29) is 10.7 Å². The lowest BCUT2D eigenvalue weighted by molar-refractivity contribution is 0.0545. The van der Waals surface area contributed by atoms with Crippen molar-refractivity contribution in [3.05, 3.63) is 42.2 Å². The summed E-state index contributed by atoms with van der Waals surface area (Å²) in [6, 6.07) is 10.3. The first kappa shape index (κ1) is 17.3. The van der Waals surface area contributed by atoms with Gasteiger partial charge in [-0.2, -0.15) is 5.10 Å². The number of nitrogens with zero attached hydrogens (tertiary/aromatic N) is 3. The Morgan fingerprint density at radius 1 is 1.35 bits per heavy atom. The maximum Gasteiger partial charge on any atom is 0.272 e. The van der Waals surface area contributed by atoms with Gasteiger partial charge in [0.15, 0.2) is 0 Å². The van der Waals surface area contributed by atoms with Gasteiger partial charge < -0.3 is 15.0 Å². The number of aryl methyl sites for hydroxylation is 1. The number of amides is 1. The molecule has 2 fully saturated rings. The number of carbonyl (C=O) groups is 1. The number of anilines is 1. The molecule has 1 aromatic carbocycles. The van der Waals surface area contributed by atoms with Gasteiger partial charge >= 0.3 is 0 Å². The van der Waals surface area contributed by atoms with Crippen LogP contribution in [0.2, 0.25) is 0 Å². The second-order valence-electron chi connectivity index (χ2n) is 6.96. The molecule has 7 heteroatoms. The van der Waals surface area contributed by atoms with E-state index < -0.39 is 0 Å². The van der Waals surface area contributed by atoms with Gasteiger partial charge in [0.1, 0.15) is 11.4 Å². The second kappa shape index (κ2) is 6.87. The van der Waals surface area contributed by atoms with Crippen molar-refractivity contribution in [3.8, 4) is 5.75 Å². The molecule has 1 spiro atoms. The van der Waals surface area contributed by atoms with Crippen LogP contribution < -0.4 is 10.1 Å². The Bertz CT molecular complexity index is 783. The van der Waals surface area contributed by atoms with Crippen molar-refractivity contribution >= 4 is 23.4 Å². The van der Waals surface area contributed by atoms with Gasteiger partial charge in [-0.25, -0.2) is 0 Å². The second-order valence-corrected chi connectivity index (χ2v) is 8.45. The minimum atomic E-state index is 0.0992. The molecule has 138 valence electrons. The van der Waals surface area contributed by atoms with Crippen molar-refractivity contribution in [1.82, 2.24) is 14.7 Å². The van der Waals surface area contributed by atoms with Crippen LogP contribution in [-0.2, 0) is 6.54 Å².